The highest BCUT2D eigenvalue weighted by Gasteiger charge is 2.23. The molecule has 0 saturated heterocycles. The number of nitrogens with one attached hydrogen (secondary N) is 1. The zero-order valence-electron chi connectivity index (χ0n) is 11.1. The Morgan fingerprint density at radius 3 is 2.90 bits per heavy atom. The Hall–Kier alpha value is -2.42. The molecule has 98 valence electrons. The van der Waals surface area contributed by atoms with Crippen LogP contribution in [0.1, 0.15) is 23.7 Å². The maximum atomic E-state index is 4.52. The zero-order chi connectivity index (χ0) is 13.4. The van der Waals surface area contributed by atoms with Crippen molar-refractivity contribution < 1.29 is 0 Å². The lowest BCUT2D eigenvalue weighted by atomic mass is 10.1. The minimum absolute atomic E-state index is 0.320. The SMILES string of the molecule is c1cnc2c(c1)CCC2Nc1ccc2ncccc2c1. The number of nitrogens with zero attached hydrogens (tertiary/aromatic N) is 2. The van der Waals surface area contributed by atoms with E-state index in [1.54, 1.807) is 0 Å². The van der Waals surface area contributed by atoms with E-state index in [4.69, 9.17) is 0 Å². The molecule has 0 aliphatic heterocycles. The van der Waals surface area contributed by atoms with Crippen molar-refractivity contribution in [3.63, 3.8) is 0 Å². The summed E-state index contributed by atoms with van der Waals surface area (Å²) in [5.41, 5.74) is 4.73. The van der Waals surface area contributed by atoms with E-state index in [0.29, 0.717) is 6.04 Å². The first-order valence-electron chi connectivity index (χ1n) is 6.95. The number of fused-ring (bicyclic) bond motifs is 2. The third-order valence-electron chi connectivity index (χ3n) is 3.90. The lowest BCUT2D eigenvalue weighted by Crippen LogP contribution is -2.08. The average molecular weight is 261 g/mol. The molecular formula is C17H15N3. The highest BCUT2D eigenvalue weighted by Crippen LogP contribution is 2.32. The monoisotopic (exact) mass is 261 g/mol. The first kappa shape index (κ1) is 11.4. The van der Waals surface area contributed by atoms with Crippen molar-refractivity contribution in [3.8, 4) is 0 Å². The van der Waals surface area contributed by atoms with E-state index in [2.05, 4.69) is 45.6 Å². The Labute approximate surface area is 117 Å². The molecular weight excluding hydrogens is 246 g/mol. The number of hydrogen-bond acceptors (Lipinski definition) is 3. The van der Waals surface area contributed by atoms with Gasteiger partial charge in [-0.2, -0.15) is 0 Å². The summed E-state index contributed by atoms with van der Waals surface area (Å²) < 4.78 is 0. The number of anilines is 1. The average Bonchev–Trinajstić information content (AvgIpc) is 2.91. The van der Waals surface area contributed by atoms with Crippen LogP contribution in [-0.4, -0.2) is 9.97 Å². The molecule has 1 aliphatic carbocycles. The van der Waals surface area contributed by atoms with Crippen LogP contribution in [0.5, 0.6) is 0 Å². The number of aromatic nitrogens is 2. The van der Waals surface area contributed by atoms with Gasteiger partial charge < -0.3 is 5.32 Å². The lowest BCUT2D eigenvalue weighted by molar-refractivity contribution is 0.746. The molecule has 1 atom stereocenters. The van der Waals surface area contributed by atoms with Crippen LogP contribution in [0.2, 0.25) is 0 Å². The van der Waals surface area contributed by atoms with Crippen molar-refractivity contribution >= 4 is 16.6 Å². The molecule has 0 saturated carbocycles. The molecule has 1 aromatic carbocycles. The second kappa shape index (κ2) is 4.60. The minimum atomic E-state index is 0.320. The molecule has 1 aliphatic rings. The largest absolute Gasteiger partial charge is 0.377 e. The number of rotatable bonds is 2. The van der Waals surface area contributed by atoms with Gasteiger partial charge in [-0.15, -0.1) is 0 Å². The van der Waals surface area contributed by atoms with Gasteiger partial charge in [-0.3, -0.25) is 9.97 Å². The molecule has 0 amide bonds. The topological polar surface area (TPSA) is 37.8 Å². The van der Waals surface area contributed by atoms with E-state index in [0.717, 1.165) is 29.4 Å². The number of hydrogen-bond donors (Lipinski definition) is 1. The van der Waals surface area contributed by atoms with Crippen LogP contribution in [-0.2, 0) is 6.42 Å². The number of aryl methyl sites for hydroxylation is 1. The fourth-order valence-corrected chi connectivity index (χ4v) is 2.92. The van der Waals surface area contributed by atoms with Crippen LogP contribution in [0.15, 0.2) is 54.9 Å². The summed E-state index contributed by atoms with van der Waals surface area (Å²) in [4.78, 5) is 8.87. The van der Waals surface area contributed by atoms with Crippen molar-refractivity contribution in [1.29, 1.82) is 0 Å². The highest BCUT2D eigenvalue weighted by atomic mass is 15.0. The Morgan fingerprint density at radius 2 is 1.90 bits per heavy atom. The van der Waals surface area contributed by atoms with Gasteiger partial charge in [0.1, 0.15) is 0 Å². The van der Waals surface area contributed by atoms with Crippen molar-refractivity contribution in [2.75, 3.05) is 5.32 Å². The Balaban J connectivity index is 1.65. The van der Waals surface area contributed by atoms with Crippen molar-refractivity contribution in [1.82, 2.24) is 9.97 Å². The third-order valence-corrected chi connectivity index (χ3v) is 3.90. The van der Waals surface area contributed by atoms with Gasteiger partial charge in [0.2, 0.25) is 0 Å². The van der Waals surface area contributed by atoms with E-state index in [9.17, 15) is 0 Å². The van der Waals surface area contributed by atoms with Crippen LogP contribution in [0.4, 0.5) is 5.69 Å². The molecule has 0 fully saturated rings. The second-order valence-corrected chi connectivity index (χ2v) is 5.19. The maximum absolute atomic E-state index is 4.52. The van der Waals surface area contributed by atoms with Crippen molar-refractivity contribution in [2.45, 2.75) is 18.9 Å². The molecule has 0 spiro atoms. The van der Waals surface area contributed by atoms with Gasteiger partial charge in [0.25, 0.3) is 0 Å². The van der Waals surface area contributed by atoms with Crippen molar-refractivity contribution in [2.24, 2.45) is 0 Å². The summed E-state index contributed by atoms with van der Waals surface area (Å²) in [5, 5.41) is 4.76. The van der Waals surface area contributed by atoms with E-state index in [-0.39, 0.29) is 0 Å². The summed E-state index contributed by atoms with van der Waals surface area (Å²) in [6.45, 7) is 0. The molecule has 20 heavy (non-hydrogen) atoms. The van der Waals surface area contributed by atoms with Gasteiger partial charge in [0.15, 0.2) is 0 Å². The molecule has 2 heterocycles. The maximum Gasteiger partial charge on any atom is 0.0703 e. The molecule has 1 N–H and O–H groups in total. The summed E-state index contributed by atoms with van der Waals surface area (Å²) in [7, 11) is 0. The van der Waals surface area contributed by atoms with E-state index >= 15 is 0 Å². The number of benzene rings is 1. The van der Waals surface area contributed by atoms with Crippen LogP contribution in [0.3, 0.4) is 0 Å². The van der Waals surface area contributed by atoms with Crippen molar-refractivity contribution in [3.05, 3.63) is 66.1 Å². The molecule has 3 nitrogen and oxygen atoms in total. The van der Waals surface area contributed by atoms with Gasteiger partial charge in [-0.1, -0.05) is 12.1 Å². The standard InChI is InChI=1S/C17H15N3/c1-3-12-5-7-16(17(12)19-10-1)20-14-6-8-15-13(11-14)4-2-9-18-15/h1-4,6,8-11,16,20H,5,7H2. The second-order valence-electron chi connectivity index (χ2n) is 5.19. The molecule has 2 aromatic heterocycles. The molecule has 0 radical (unpaired) electrons. The highest BCUT2D eigenvalue weighted by molar-refractivity contribution is 5.82. The molecule has 3 heteroatoms. The van der Waals surface area contributed by atoms with Crippen LogP contribution >= 0.6 is 0 Å². The van der Waals surface area contributed by atoms with E-state index in [1.807, 2.05) is 24.5 Å². The number of pyridine rings is 2. The van der Waals surface area contributed by atoms with E-state index < -0.39 is 0 Å². The molecule has 4 rings (SSSR count). The van der Waals surface area contributed by atoms with Gasteiger partial charge in [0.05, 0.1) is 17.3 Å². The smallest absolute Gasteiger partial charge is 0.0703 e. The zero-order valence-corrected chi connectivity index (χ0v) is 11.1. The fraction of sp³-hybridized carbons (Fsp3) is 0.176. The predicted octanol–water partition coefficient (Wildman–Crippen LogP) is 3.73. The molecule has 0 bridgehead atoms. The quantitative estimate of drug-likeness (QED) is 0.763. The Kier molecular flexibility index (Phi) is 2.62. The molecule has 1 unspecified atom stereocenters. The normalized spacial score (nSPS) is 17.1. The summed E-state index contributed by atoms with van der Waals surface area (Å²) in [5.74, 6) is 0. The van der Waals surface area contributed by atoms with Crippen LogP contribution in [0, 0.1) is 0 Å². The summed E-state index contributed by atoms with van der Waals surface area (Å²) in [6, 6.07) is 14.9. The van der Waals surface area contributed by atoms with Crippen LogP contribution < -0.4 is 5.32 Å². The predicted molar refractivity (Wildman–Crippen MR) is 80.7 cm³/mol. The van der Waals surface area contributed by atoms with Gasteiger partial charge in [0, 0.05) is 23.5 Å². The Bertz CT molecular complexity index is 767. The first-order chi connectivity index (χ1) is 9.90. The van der Waals surface area contributed by atoms with Gasteiger partial charge in [-0.25, -0.2) is 0 Å². The lowest BCUT2D eigenvalue weighted by Gasteiger charge is -2.15. The Morgan fingerprint density at radius 1 is 1.00 bits per heavy atom. The fourth-order valence-electron chi connectivity index (χ4n) is 2.92. The molecule has 3 aromatic rings. The summed E-state index contributed by atoms with van der Waals surface area (Å²) in [6.07, 6.45) is 5.92. The minimum Gasteiger partial charge on any atom is -0.377 e. The van der Waals surface area contributed by atoms with Crippen LogP contribution in [0.25, 0.3) is 10.9 Å². The van der Waals surface area contributed by atoms with Gasteiger partial charge in [-0.05, 0) is 48.7 Å². The summed E-state index contributed by atoms with van der Waals surface area (Å²) >= 11 is 0. The first-order valence-corrected chi connectivity index (χ1v) is 6.95. The third kappa shape index (κ3) is 1.92. The van der Waals surface area contributed by atoms with E-state index in [1.165, 1.54) is 11.3 Å². The van der Waals surface area contributed by atoms with Gasteiger partial charge >= 0.3 is 0 Å².